The normalized spacial score (nSPS) is 11.8. The quantitative estimate of drug-likeness (QED) is 0.921. The molecule has 0 amide bonds. The summed E-state index contributed by atoms with van der Waals surface area (Å²) in [6.07, 6.45) is -4.16. The largest absolute Gasteiger partial charge is 0.416 e. The minimum atomic E-state index is -4.59. The standard InChI is InChI=1S/C12H11Cl2F3N4O/c1-3-9-19-21(11(22)20(9)18-2)10-7(13)4-6(5-8(10)14)12(15,16)17/h4-5,18H,3H2,1-2H3. The summed E-state index contributed by atoms with van der Waals surface area (Å²) in [5.74, 6) is 0.388. The molecule has 1 heterocycles. The zero-order valence-electron chi connectivity index (χ0n) is 11.5. The van der Waals surface area contributed by atoms with Crippen LogP contribution in [-0.2, 0) is 12.6 Å². The number of aromatic nitrogens is 3. The van der Waals surface area contributed by atoms with Gasteiger partial charge in [0.05, 0.1) is 15.6 Å². The Balaban J connectivity index is 2.69. The Morgan fingerprint density at radius 2 is 1.82 bits per heavy atom. The van der Waals surface area contributed by atoms with Crippen molar-refractivity contribution in [2.45, 2.75) is 19.5 Å². The lowest BCUT2D eigenvalue weighted by molar-refractivity contribution is -0.137. The van der Waals surface area contributed by atoms with Crippen LogP contribution in [0.1, 0.15) is 18.3 Å². The number of hydrogen-bond acceptors (Lipinski definition) is 3. The van der Waals surface area contributed by atoms with E-state index in [4.69, 9.17) is 23.2 Å². The van der Waals surface area contributed by atoms with E-state index in [0.717, 1.165) is 9.36 Å². The van der Waals surface area contributed by atoms with Gasteiger partial charge in [-0.25, -0.2) is 4.79 Å². The molecule has 22 heavy (non-hydrogen) atoms. The van der Waals surface area contributed by atoms with Crippen molar-refractivity contribution in [1.29, 1.82) is 0 Å². The predicted molar refractivity (Wildman–Crippen MR) is 77.5 cm³/mol. The van der Waals surface area contributed by atoms with E-state index < -0.39 is 17.4 Å². The number of nitrogens with one attached hydrogen (secondary N) is 1. The Morgan fingerprint density at radius 3 is 2.18 bits per heavy atom. The van der Waals surface area contributed by atoms with Crippen LogP contribution in [0.5, 0.6) is 0 Å². The van der Waals surface area contributed by atoms with Crippen LogP contribution < -0.4 is 11.1 Å². The van der Waals surface area contributed by atoms with Gasteiger partial charge in [-0.05, 0) is 12.1 Å². The highest BCUT2D eigenvalue weighted by Gasteiger charge is 2.32. The van der Waals surface area contributed by atoms with Crippen LogP contribution >= 0.6 is 23.2 Å². The minimum absolute atomic E-state index is 0.0926. The summed E-state index contributed by atoms with van der Waals surface area (Å²) in [6.45, 7) is 1.77. The van der Waals surface area contributed by atoms with Crippen LogP contribution in [0.3, 0.4) is 0 Å². The Hall–Kier alpha value is -1.67. The molecule has 0 radical (unpaired) electrons. The van der Waals surface area contributed by atoms with Gasteiger partial charge in [-0.3, -0.25) is 0 Å². The van der Waals surface area contributed by atoms with Crippen molar-refractivity contribution in [3.63, 3.8) is 0 Å². The fraction of sp³-hybridized carbons (Fsp3) is 0.333. The van der Waals surface area contributed by atoms with E-state index in [1.54, 1.807) is 6.92 Å². The van der Waals surface area contributed by atoms with Gasteiger partial charge in [0.15, 0.2) is 5.82 Å². The highest BCUT2D eigenvalue weighted by molar-refractivity contribution is 6.37. The summed E-state index contributed by atoms with van der Waals surface area (Å²) in [4.78, 5) is 12.2. The summed E-state index contributed by atoms with van der Waals surface area (Å²) < 4.78 is 40.2. The third kappa shape index (κ3) is 2.80. The van der Waals surface area contributed by atoms with Crippen molar-refractivity contribution < 1.29 is 13.2 Å². The van der Waals surface area contributed by atoms with Crippen LogP contribution in [-0.4, -0.2) is 21.5 Å². The van der Waals surface area contributed by atoms with Crippen molar-refractivity contribution in [2.24, 2.45) is 0 Å². The molecule has 0 unspecified atom stereocenters. The molecule has 0 spiro atoms. The molecule has 1 aromatic carbocycles. The first-order valence-corrected chi connectivity index (χ1v) is 6.91. The molecule has 0 fully saturated rings. The molecule has 1 aromatic heterocycles. The zero-order valence-corrected chi connectivity index (χ0v) is 13.0. The summed E-state index contributed by atoms with van der Waals surface area (Å²) in [7, 11) is 1.52. The van der Waals surface area contributed by atoms with E-state index in [2.05, 4.69) is 10.5 Å². The Morgan fingerprint density at radius 1 is 1.27 bits per heavy atom. The number of aryl methyl sites for hydroxylation is 1. The molecule has 0 atom stereocenters. The molecule has 0 bridgehead atoms. The van der Waals surface area contributed by atoms with Crippen molar-refractivity contribution >= 4 is 23.2 Å². The van der Waals surface area contributed by atoms with Crippen molar-refractivity contribution in [3.05, 3.63) is 44.1 Å². The van der Waals surface area contributed by atoms with E-state index in [1.807, 2.05) is 0 Å². The molecular weight excluding hydrogens is 344 g/mol. The van der Waals surface area contributed by atoms with E-state index in [0.29, 0.717) is 24.4 Å². The number of rotatable bonds is 3. The van der Waals surface area contributed by atoms with Crippen LogP contribution in [0.15, 0.2) is 16.9 Å². The maximum atomic E-state index is 12.7. The predicted octanol–water partition coefficient (Wildman–Crippen LogP) is 3.10. The Kier molecular flexibility index (Phi) is 4.44. The Bertz CT molecular complexity index is 744. The minimum Gasteiger partial charge on any atom is -0.323 e. The lowest BCUT2D eigenvalue weighted by Crippen LogP contribution is -2.29. The highest BCUT2D eigenvalue weighted by Crippen LogP contribution is 2.36. The molecule has 2 rings (SSSR count). The van der Waals surface area contributed by atoms with Crippen LogP contribution in [0.4, 0.5) is 13.2 Å². The van der Waals surface area contributed by atoms with Gasteiger partial charge in [-0.15, -0.1) is 5.10 Å². The molecule has 5 nitrogen and oxygen atoms in total. The van der Waals surface area contributed by atoms with Crippen molar-refractivity contribution in [3.8, 4) is 5.69 Å². The van der Waals surface area contributed by atoms with Crippen LogP contribution in [0.25, 0.3) is 5.69 Å². The van der Waals surface area contributed by atoms with Gasteiger partial charge in [0.25, 0.3) is 0 Å². The Labute approximate surface area is 133 Å². The first-order chi connectivity index (χ1) is 10.2. The number of benzene rings is 1. The topological polar surface area (TPSA) is 51.9 Å². The second-order valence-electron chi connectivity index (χ2n) is 4.31. The summed E-state index contributed by atoms with van der Waals surface area (Å²) in [5.41, 5.74) is 0.936. The number of nitrogens with zero attached hydrogens (tertiary/aromatic N) is 3. The average molecular weight is 355 g/mol. The SMILES string of the molecule is CCc1nn(-c2c(Cl)cc(C(F)(F)F)cc2Cl)c(=O)n1NC. The van der Waals surface area contributed by atoms with Gasteiger partial charge in [-0.1, -0.05) is 30.1 Å². The van der Waals surface area contributed by atoms with Crippen molar-refractivity contribution in [2.75, 3.05) is 12.5 Å². The van der Waals surface area contributed by atoms with Gasteiger partial charge in [-0.2, -0.15) is 22.5 Å². The van der Waals surface area contributed by atoms with Crippen LogP contribution in [0, 0.1) is 0 Å². The second-order valence-corrected chi connectivity index (χ2v) is 5.12. The average Bonchev–Trinajstić information content (AvgIpc) is 2.73. The van der Waals surface area contributed by atoms with E-state index in [-0.39, 0.29) is 15.7 Å². The van der Waals surface area contributed by atoms with Crippen LogP contribution in [0.2, 0.25) is 10.0 Å². The molecule has 0 aliphatic heterocycles. The molecular formula is C12H11Cl2F3N4O. The fourth-order valence-electron chi connectivity index (χ4n) is 1.94. The lowest BCUT2D eigenvalue weighted by atomic mass is 10.2. The molecule has 0 aliphatic carbocycles. The fourth-order valence-corrected chi connectivity index (χ4v) is 2.59. The second kappa shape index (κ2) is 5.85. The van der Waals surface area contributed by atoms with E-state index >= 15 is 0 Å². The molecule has 10 heteroatoms. The number of alkyl halides is 3. The number of halogens is 5. The van der Waals surface area contributed by atoms with Gasteiger partial charge in [0, 0.05) is 13.5 Å². The summed E-state index contributed by atoms with van der Waals surface area (Å²) >= 11 is 11.8. The zero-order chi connectivity index (χ0) is 16.7. The van der Waals surface area contributed by atoms with Crippen molar-refractivity contribution in [1.82, 2.24) is 14.5 Å². The smallest absolute Gasteiger partial charge is 0.323 e. The molecule has 2 aromatic rings. The molecule has 1 N–H and O–H groups in total. The van der Waals surface area contributed by atoms with Gasteiger partial charge in [0.1, 0.15) is 5.69 Å². The lowest BCUT2D eigenvalue weighted by Gasteiger charge is -2.11. The molecule has 120 valence electrons. The highest BCUT2D eigenvalue weighted by atomic mass is 35.5. The van der Waals surface area contributed by atoms with E-state index in [1.165, 1.54) is 7.05 Å². The monoisotopic (exact) mass is 354 g/mol. The van der Waals surface area contributed by atoms with Gasteiger partial charge in [0.2, 0.25) is 0 Å². The first-order valence-electron chi connectivity index (χ1n) is 6.16. The third-order valence-electron chi connectivity index (χ3n) is 2.94. The first kappa shape index (κ1) is 16.7. The molecule has 0 saturated heterocycles. The maximum Gasteiger partial charge on any atom is 0.416 e. The van der Waals surface area contributed by atoms with Gasteiger partial charge >= 0.3 is 11.9 Å². The molecule has 0 saturated carbocycles. The summed E-state index contributed by atoms with van der Waals surface area (Å²) in [6, 6.07) is 1.42. The van der Waals surface area contributed by atoms with E-state index in [9.17, 15) is 18.0 Å². The summed E-state index contributed by atoms with van der Waals surface area (Å²) in [5, 5.41) is 3.41. The number of hydrogen-bond donors (Lipinski definition) is 1. The third-order valence-corrected chi connectivity index (χ3v) is 3.52. The maximum absolute atomic E-state index is 12.7. The van der Waals surface area contributed by atoms with Gasteiger partial charge < -0.3 is 5.43 Å². The molecule has 0 aliphatic rings.